The van der Waals surface area contributed by atoms with E-state index in [0.29, 0.717) is 6.20 Å². The van der Waals surface area contributed by atoms with Crippen molar-refractivity contribution in [2.24, 2.45) is 0 Å². The van der Waals surface area contributed by atoms with E-state index < -0.39 is 39.7 Å². The lowest BCUT2D eigenvalue weighted by Crippen LogP contribution is -2.17. The number of alkyl halides is 5. The quantitative estimate of drug-likeness (QED) is 0.448. The van der Waals surface area contributed by atoms with Crippen molar-refractivity contribution in [3.8, 4) is 0 Å². The molecule has 106 valence electrons. The van der Waals surface area contributed by atoms with E-state index in [-0.39, 0.29) is 5.69 Å². The second kappa shape index (κ2) is 5.97. The summed E-state index contributed by atoms with van der Waals surface area (Å²) in [6.07, 6.45) is -8.32. The Morgan fingerprint density at radius 3 is 2.47 bits per heavy atom. The first kappa shape index (κ1) is 16.1. The van der Waals surface area contributed by atoms with Crippen LogP contribution in [0, 0.1) is 3.57 Å². The molecule has 0 saturated heterocycles. The van der Waals surface area contributed by atoms with Crippen LogP contribution in [-0.2, 0) is 22.1 Å². The Bertz CT molecular complexity index is 490. The molecule has 0 aliphatic heterocycles. The van der Waals surface area contributed by atoms with Crippen LogP contribution in [0.1, 0.15) is 23.2 Å². The van der Waals surface area contributed by atoms with Crippen LogP contribution in [0.5, 0.6) is 0 Å². The predicted molar refractivity (Wildman–Crippen MR) is 62.6 cm³/mol. The van der Waals surface area contributed by atoms with Gasteiger partial charge in [0.25, 0.3) is 6.43 Å². The van der Waals surface area contributed by atoms with Crippen molar-refractivity contribution in [1.29, 1.82) is 0 Å². The first-order valence-electron chi connectivity index (χ1n) is 4.78. The minimum Gasteiger partial charge on any atom is -0.469 e. The number of halogens is 6. The molecule has 0 saturated carbocycles. The standard InChI is InChI=1S/C10H7F5INO2/c1-19-6(18)2-5-8(16)7(10(13,14)15)4(3-17-5)9(11)12/h3,9H,2H2,1H3. The number of pyridine rings is 1. The third kappa shape index (κ3) is 3.74. The fourth-order valence-electron chi connectivity index (χ4n) is 1.33. The highest BCUT2D eigenvalue weighted by atomic mass is 127. The number of hydrogen-bond acceptors (Lipinski definition) is 3. The Morgan fingerprint density at radius 1 is 1.47 bits per heavy atom. The molecule has 0 N–H and O–H groups in total. The molecule has 1 heterocycles. The van der Waals surface area contributed by atoms with Gasteiger partial charge in [0.2, 0.25) is 0 Å². The van der Waals surface area contributed by atoms with Crippen LogP contribution in [-0.4, -0.2) is 18.1 Å². The minimum absolute atomic E-state index is 0.246. The number of esters is 1. The molecule has 0 atom stereocenters. The Balaban J connectivity index is 3.38. The molecule has 0 fully saturated rings. The fourth-order valence-corrected chi connectivity index (χ4v) is 2.27. The summed E-state index contributed by atoms with van der Waals surface area (Å²) in [5, 5.41) is 0. The van der Waals surface area contributed by atoms with Gasteiger partial charge in [-0.25, -0.2) is 8.78 Å². The largest absolute Gasteiger partial charge is 0.469 e. The lowest BCUT2D eigenvalue weighted by Gasteiger charge is -2.16. The van der Waals surface area contributed by atoms with E-state index in [0.717, 1.165) is 7.11 Å². The van der Waals surface area contributed by atoms with Crippen LogP contribution in [0.3, 0.4) is 0 Å². The van der Waals surface area contributed by atoms with Crippen LogP contribution in [0.2, 0.25) is 0 Å². The van der Waals surface area contributed by atoms with Gasteiger partial charge >= 0.3 is 12.1 Å². The zero-order valence-electron chi connectivity index (χ0n) is 9.39. The molecule has 0 amide bonds. The first-order chi connectivity index (χ1) is 8.68. The minimum atomic E-state index is -4.95. The summed E-state index contributed by atoms with van der Waals surface area (Å²) in [6, 6.07) is 0. The summed E-state index contributed by atoms with van der Waals surface area (Å²) in [5.74, 6) is -0.802. The van der Waals surface area contributed by atoms with E-state index in [1.807, 2.05) is 0 Å². The number of carbonyl (C=O) groups excluding carboxylic acids is 1. The highest BCUT2D eigenvalue weighted by molar-refractivity contribution is 14.1. The van der Waals surface area contributed by atoms with Gasteiger partial charge in [0.1, 0.15) is 0 Å². The molecular weight excluding hydrogens is 388 g/mol. The Labute approximate surface area is 118 Å². The number of aromatic nitrogens is 1. The lowest BCUT2D eigenvalue weighted by atomic mass is 10.1. The molecular formula is C10H7F5INO2. The molecule has 3 nitrogen and oxygen atoms in total. The van der Waals surface area contributed by atoms with Gasteiger partial charge in [-0.1, -0.05) is 0 Å². The number of carbonyl (C=O) groups is 1. The summed E-state index contributed by atoms with van der Waals surface area (Å²) in [4.78, 5) is 14.5. The molecule has 0 aliphatic carbocycles. The maximum Gasteiger partial charge on any atom is 0.418 e. The highest BCUT2D eigenvalue weighted by Crippen LogP contribution is 2.39. The van der Waals surface area contributed by atoms with Crippen molar-refractivity contribution in [3.05, 3.63) is 26.6 Å². The van der Waals surface area contributed by atoms with Crippen molar-refractivity contribution in [3.63, 3.8) is 0 Å². The van der Waals surface area contributed by atoms with Crippen molar-refractivity contribution < 1.29 is 31.5 Å². The van der Waals surface area contributed by atoms with E-state index in [2.05, 4.69) is 9.72 Å². The fraction of sp³-hybridized carbons (Fsp3) is 0.400. The van der Waals surface area contributed by atoms with Gasteiger partial charge in [-0.2, -0.15) is 13.2 Å². The van der Waals surface area contributed by atoms with E-state index in [4.69, 9.17) is 0 Å². The summed E-state index contributed by atoms with van der Waals surface area (Å²) >= 11 is 1.25. The average molecular weight is 395 g/mol. The van der Waals surface area contributed by atoms with Gasteiger partial charge < -0.3 is 4.74 Å². The third-order valence-corrected chi connectivity index (χ3v) is 3.34. The molecule has 1 aromatic rings. The molecule has 0 bridgehead atoms. The SMILES string of the molecule is COC(=O)Cc1ncc(C(F)F)c(C(F)(F)F)c1I. The van der Waals surface area contributed by atoms with E-state index in [1.165, 1.54) is 22.6 Å². The summed E-state index contributed by atoms with van der Waals surface area (Å²) in [6.45, 7) is 0. The summed E-state index contributed by atoms with van der Waals surface area (Å²) in [5.41, 5.74) is -2.91. The average Bonchev–Trinajstić information content (AvgIpc) is 2.29. The molecule has 0 aromatic carbocycles. The highest BCUT2D eigenvalue weighted by Gasteiger charge is 2.39. The number of ether oxygens (including phenoxy) is 1. The molecule has 1 rings (SSSR count). The van der Waals surface area contributed by atoms with Crippen LogP contribution in [0.15, 0.2) is 6.20 Å². The molecule has 19 heavy (non-hydrogen) atoms. The van der Waals surface area contributed by atoms with Gasteiger partial charge in [0.15, 0.2) is 0 Å². The third-order valence-electron chi connectivity index (χ3n) is 2.18. The van der Waals surface area contributed by atoms with Crippen LogP contribution in [0.4, 0.5) is 22.0 Å². The topological polar surface area (TPSA) is 39.2 Å². The number of hydrogen-bond donors (Lipinski definition) is 0. The maximum atomic E-state index is 12.8. The Kier molecular flexibility index (Phi) is 5.04. The first-order valence-corrected chi connectivity index (χ1v) is 5.85. The van der Waals surface area contributed by atoms with E-state index >= 15 is 0 Å². The second-order valence-corrected chi connectivity index (χ2v) is 4.48. The maximum absolute atomic E-state index is 12.8. The van der Waals surface area contributed by atoms with Crippen LogP contribution >= 0.6 is 22.6 Å². The Morgan fingerprint density at radius 2 is 2.05 bits per heavy atom. The zero-order valence-corrected chi connectivity index (χ0v) is 11.6. The normalized spacial score (nSPS) is 11.8. The van der Waals surface area contributed by atoms with Crippen LogP contribution < -0.4 is 0 Å². The van der Waals surface area contributed by atoms with Crippen molar-refractivity contribution >= 4 is 28.6 Å². The molecule has 0 radical (unpaired) electrons. The molecule has 0 unspecified atom stereocenters. The van der Waals surface area contributed by atoms with Gasteiger partial charge in [-0.15, -0.1) is 0 Å². The van der Waals surface area contributed by atoms with Crippen molar-refractivity contribution in [2.45, 2.75) is 19.0 Å². The molecule has 0 spiro atoms. The van der Waals surface area contributed by atoms with Gasteiger partial charge in [0, 0.05) is 15.3 Å². The zero-order chi connectivity index (χ0) is 14.8. The smallest absolute Gasteiger partial charge is 0.418 e. The van der Waals surface area contributed by atoms with Gasteiger partial charge in [0.05, 0.1) is 24.8 Å². The molecule has 9 heteroatoms. The van der Waals surface area contributed by atoms with Gasteiger partial charge in [-0.3, -0.25) is 9.78 Å². The number of rotatable bonds is 3. The van der Waals surface area contributed by atoms with E-state index in [1.54, 1.807) is 0 Å². The lowest BCUT2D eigenvalue weighted by molar-refractivity contribution is -0.142. The Hall–Kier alpha value is -1.00. The summed E-state index contributed by atoms with van der Waals surface area (Å²) in [7, 11) is 1.06. The molecule has 0 aliphatic rings. The monoisotopic (exact) mass is 395 g/mol. The predicted octanol–water partition coefficient (Wildman–Crippen LogP) is 3.36. The van der Waals surface area contributed by atoms with Crippen LogP contribution in [0.25, 0.3) is 0 Å². The number of methoxy groups -OCH3 is 1. The van der Waals surface area contributed by atoms with Crippen molar-refractivity contribution in [1.82, 2.24) is 4.98 Å². The van der Waals surface area contributed by atoms with Crippen molar-refractivity contribution in [2.75, 3.05) is 7.11 Å². The van der Waals surface area contributed by atoms with Gasteiger partial charge in [-0.05, 0) is 22.6 Å². The molecule has 1 aromatic heterocycles. The number of nitrogens with zero attached hydrogens (tertiary/aromatic N) is 1. The second-order valence-electron chi connectivity index (χ2n) is 3.40. The summed E-state index contributed by atoms with van der Waals surface area (Å²) < 4.78 is 67.3. The van der Waals surface area contributed by atoms with E-state index in [9.17, 15) is 26.7 Å².